The number of Topliss-reactive ketones (excluding diaryl/α,β-unsaturated/α-hetero) is 3. The van der Waals surface area contributed by atoms with E-state index < -0.39 is 35.6 Å². The summed E-state index contributed by atoms with van der Waals surface area (Å²) in [6.07, 6.45) is 1.37. The molecule has 0 unspecified atom stereocenters. The Bertz CT molecular complexity index is 2420. The number of imide groups is 2. The van der Waals surface area contributed by atoms with Crippen LogP contribution < -0.4 is 0 Å². The van der Waals surface area contributed by atoms with Crippen LogP contribution >= 0.6 is 0 Å². The Kier molecular flexibility index (Phi) is 27.3. The van der Waals surface area contributed by atoms with Crippen molar-refractivity contribution in [3.8, 4) is 0 Å². The lowest BCUT2D eigenvalue weighted by molar-refractivity contribution is -0.137. The second kappa shape index (κ2) is 32.4. The van der Waals surface area contributed by atoms with Crippen molar-refractivity contribution in [3.05, 3.63) is 179 Å². The molecule has 0 bridgehead atoms. The van der Waals surface area contributed by atoms with Gasteiger partial charge in [0.1, 0.15) is 30.7 Å². The number of rotatable bonds is 19. The first kappa shape index (κ1) is 61.6. The van der Waals surface area contributed by atoms with Gasteiger partial charge in [-0.1, -0.05) is 68.1 Å². The summed E-state index contributed by atoms with van der Waals surface area (Å²) in [4.78, 5) is 97.0. The van der Waals surface area contributed by atoms with Gasteiger partial charge in [0.25, 0.3) is 0 Å². The summed E-state index contributed by atoms with van der Waals surface area (Å²) in [5, 5.41) is 8.37. The molecule has 2 aliphatic rings. The third kappa shape index (κ3) is 20.6. The molecule has 2 atom stereocenters. The molecule has 13 nitrogen and oxygen atoms in total. The monoisotopic (exact) mass is 997 g/mol. The number of ketones is 3. The van der Waals surface area contributed by atoms with Gasteiger partial charge in [0.15, 0.2) is 17.3 Å². The zero-order valence-electron chi connectivity index (χ0n) is 39.3. The van der Waals surface area contributed by atoms with Crippen LogP contribution in [0.2, 0.25) is 0 Å². The molecule has 2 fully saturated rings. The minimum absolute atomic E-state index is 0. The highest BCUT2D eigenvalue weighted by atomic mass is 19.1. The number of ether oxygens (including phenoxy) is 2. The summed E-state index contributed by atoms with van der Waals surface area (Å²) in [6, 6.07) is 34.3. The van der Waals surface area contributed by atoms with Crippen LogP contribution in [0.4, 0.5) is 22.8 Å². The molecule has 2 saturated heterocycles. The van der Waals surface area contributed by atoms with Gasteiger partial charge < -0.3 is 14.6 Å². The van der Waals surface area contributed by atoms with Crippen LogP contribution in [0.5, 0.6) is 0 Å². The van der Waals surface area contributed by atoms with Gasteiger partial charge >= 0.3 is 18.2 Å². The van der Waals surface area contributed by atoms with Gasteiger partial charge in [-0.05, 0) is 116 Å². The molecule has 1 N–H and O–H groups in total. The van der Waals surface area contributed by atoms with Gasteiger partial charge in [0.05, 0.1) is 12.1 Å². The third-order valence-electron chi connectivity index (χ3n) is 11.0. The quantitative estimate of drug-likeness (QED) is 0.0615. The Hall–Kier alpha value is -7.56. The second-order valence-corrected chi connectivity index (χ2v) is 16.1. The fraction of sp³-hybridized carbons (Fsp3) is 0.296. The zero-order chi connectivity index (χ0) is 51.7. The van der Waals surface area contributed by atoms with Gasteiger partial charge in [-0.3, -0.25) is 28.8 Å². The molecule has 377 valence electrons. The van der Waals surface area contributed by atoms with Crippen LogP contribution in [0.3, 0.4) is 0 Å². The Morgan fingerprint density at radius 1 is 0.479 bits per heavy atom. The van der Waals surface area contributed by atoms with Gasteiger partial charge in [0, 0.05) is 79.1 Å². The molecule has 0 saturated carbocycles. The van der Waals surface area contributed by atoms with Gasteiger partial charge in [-0.25, -0.2) is 32.6 Å². The molecule has 5 aromatic rings. The molecule has 5 aromatic carbocycles. The largest absolute Gasteiger partial charge is 0.481 e. The number of carbonyl (C=O) groups excluding carboxylic acids is 7. The summed E-state index contributed by atoms with van der Waals surface area (Å²) < 4.78 is 48.4. The van der Waals surface area contributed by atoms with E-state index in [-0.39, 0.29) is 109 Å². The highest BCUT2D eigenvalue weighted by molar-refractivity contribution is 6.75. The van der Waals surface area contributed by atoms with Crippen molar-refractivity contribution in [1.82, 2.24) is 9.80 Å². The molecule has 4 amide bonds. The number of cyclic esters (lactones) is 2. The SMILES string of the molecule is C.O=C(CCCC(=O)N1C(=O)OC[C@@H]1Cc1ccccc1)c1ccc(F)cc1.O=C(CCCC(=O)N1C(=O)OC[C@@H]1Cc1ccccc1)c1ccc(F)cc1.O=C(O)CCCC(=O)c1ccc(F)cc1.[B].[B][B]. The van der Waals surface area contributed by atoms with E-state index in [9.17, 15) is 51.5 Å². The number of carboxylic acids is 1. The third-order valence-corrected chi connectivity index (χ3v) is 11.0. The summed E-state index contributed by atoms with van der Waals surface area (Å²) in [6.45, 7) is 0.349. The maximum absolute atomic E-state index is 12.9. The van der Waals surface area contributed by atoms with E-state index in [1.165, 1.54) is 72.8 Å². The van der Waals surface area contributed by atoms with E-state index >= 15 is 0 Å². The van der Waals surface area contributed by atoms with Crippen LogP contribution in [0, 0.1) is 17.5 Å². The van der Waals surface area contributed by atoms with Crippen LogP contribution in [0.15, 0.2) is 133 Å². The summed E-state index contributed by atoms with van der Waals surface area (Å²) >= 11 is 0. The number of benzene rings is 5. The number of amides is 4. The zero-order valence-corrected chi connectivity index (χ0v) is 39.3. The minimum atomic E-state index is -0.915. The Morgan fingerprint density at radius 3 is 1.05 bits per heavy atom. The van der Waals surface area contributed by atoms with Gasteiger partial charge in [0.2, 0.25) is 11.8 Å². The van der Waals surface area contributed by atoms with Crippen molar-refractivity contribution < 1.29 is 66.1 Å². The maximum Gasteiger partial charge on any atom is 0.416 e. The van der Waals surface area contributed by atoms with Crippen LogP contribution in [0.25, 0.3) is 0 Å². The molecule has 7 rings (SSSR count). The lowest BCUT2D eigenvalue weighted by Crippen LogP contribution is -2.40. The lowest BCUT2D eigenvalue weighted by Gasteiger charge is -2.19. The van der Waals surface area contributed by atoms with Crippen LogP contribution in [-0.4, -0.2) is 111 Å². The number of nitrogens with zero attached hydrogens (tertiary/aromatic N) is 2. The van der Waals surface area contributed by atoms with E-state index in [1.54, 1.807) is 0 Å². The van der Waals surface area contributed by atoms with E-state index in [0.29, 0.717) is 48.8 Å². The van der Waals surface area contributed by atoms with Gasteiger partial charge in [-0.2, -0.15) is 0 Å². The normalized spacial score (nSPS) is 14.1. The van der Waals surface area contributed by atoms with E-state index in [4.69, 9.17) is 14.6 Å². The van der Waals surface area contributed by atoms with E-state index in [2.05, 4.69) is 15.5 Å². The second-order valence-electron chi connectivity index (χ2n) is 16.1. The van der Waals surface area contributed by atoms with E-state index in [0.717, 1.165) is 20.9 Å². The van der Waals surface area contributed by atoms with Crippen molar-refractivity contribution in [2.45, 2.75) is 90.1 Å². The number of aliphatic carboxylic acids is 1. The number of carbonyl (C=O) groups is 8. The molecule has 19 heteroatoms. The molecule has 0 aliphatic carbocycles. The average Bonchev–Trinajstić information content (AvgIpc) is 3.93. The van der Waals surface area contributed by atoms with Crippen molar-refractivity contribution in [3.63, 3.8) is 0 Å². The molecule has 0 spiro atoms. The summed E-state index contributed by atoms with van der Waals surface area (Å²) in [5.74, 6) is -3.27. The summed E-state index contributed by atoms with van der Waals surface area (Å²) in [5.41, 5.74) is 3.27. The highest BCUT2D eigenvalue weighted by Gasteiger charge is 2.38. The van der Waals surface area contributed by atoms with Crippen LogP contribution in [0.1, 0.15) is 107 Å². The molecule has 7 radical (unpaired) electrons. The average molecular weight is 997 g/mol. The van der Waals surface area contributed by atoms with Crippen molar-refractivity contribution in [2.24, 2.45) is 0 Å². The van der Waals surface area contributed by atoms with Gasteiger partial charge in [-0.15, -0.1) is 0 Å². The molecular weight excluding hydrogens is 942 g/mol. The van der Waals surface area contributed by atoms with Crippen molar-refractivity contribution in [1.29, 1.82) is 0 Å². The standard InChI is InChI=1S/2C21H20FNO4.C11H11FO3.CH4.B2.B/c2*22-17-11-9-16(10-12-17)19(24)7-4-8-20(25)23-18(14-27-21(23)26)13-15-5-2-1-3-6-15;12-9-6-4-8(5-7-9)10(13)2-1-3-11(14)15;;1-2;/h2*1-3,5-6,9-12,18H,4,7-8,13-14H2;4-7H,1-3H2,(H,14,15);1H4;;/t2*18-;;;;/m00..../s1. The molecule has 2 aliphatic heterocycles. The predicted octanol–water partition coefficient (Wildman–Crippen LogP) is 9.29. The smallest absolute Gasteiger partial charge is 0.416 e. The fourth-order valence-electron chi connectivity index (χ4n) is 7.39. The first-order valence-electron chi connectivity index (χ1n) is 22.7. The molecular formula is C54H55B3F3N2O11. The number of hydrogen-bond donors (Lipinski definition) is 1. The first-order chi connectivity index (χ1) is 34.2. The Balaban J connectivity index is 0.000000378. The summed E-state index contributed by atoms with van der Waals surface area (Å²) in [7, 11) is 8.00. The van der Waals surface area contributed by atoms with Crippen molar-refractivity contribution >= 4 is 71.2 Å². The van der Waals surface area contributed by atoms with E-state index in [1.807, 2.05) is 60.7 Å². The number of halogens is 3. The number of carboxylic acid groups (broad SMARTS) is 1. The molecule has 73 heavy (non-hydrogen) atoms. The Labute approximate surface area is 427 Å². The molecule has 0 aromatic heterocycles. The minimum Gasteiger partial charge on any atom is -0.481 e. The highest BCUT2D eigenvalue weighted by Crippen LogP contribution is 2.22. The van der Waals surface area contributed by atoms with Crippen LogP contribution in [-0.2, 0) is 36.7 Å². The first-order valence-corrected chi connectivity index (χ1v) is 22.7. The maximum atomic E-state index is 12.9. The molecule has 2 heterocycles. The predicted molar refractivity (Wildman–Crippen MR) is 270 cm³/mol. The van der Waals surface area contributed by atoms with Crippen molar-refractivity contribution in [2.75, 3.05) is 13.2 Å². The number of hydrogen-bond acceptors (Lipinski definition) is 10. The topological polar surface area (TPSA) is 182 Å². The lowest BCUT2D eigenvalue weighted by atomic mass is 9.81. The Morgan fingerprint density at radius 2 is 0.767 bits per heavy atom. The fourth-order valence-corrected chi connectivity index (χ4v) is 7.39.